The van der Waals surface area contributed by atoms with E-state index in [9.17, 15) is 28.5 Å². The molecule has 1 aliphatic heterocycles. The first-order valence-electron chi connectivity index (χ1n) is 8.46. The Morgan fingerprint density at radius 2 is 1.52 bits per heavy atom. The molecule has 0 atom stereocenters. The van der Waals surface area contributed by atoms with Gasteiger partial charge < -0.3 is 15.5 Å². The zero-order valence-electron chi connectivity index (χ0n) is 14.9. The number of amides is 2. The molecular formula is C18H15ClF2N4O4. The predicted molar refractivity (Wildman–Crippen MR) is 101 cm³/mol. The SMILES string of the molecule is Nc1c(C(=O)N2CCN(C(=O)c3ccc(F)cc3Cl)CC2)cc(F)cc1[N+](=O)[O-]. The summed E-state index contributed by atoms with van der Waals surface area (Å²) < 4.78 is 26.9. The summed E-state index contributed by atoms with van der Waals surface area (Å²) in [7, 11) is 0. The Labute approximate surface area is 168 Å². The normalized spacial score (nSPS) is 14.0. The van der Waals surface area contributed by atoms with Crippen molar-refractivity contribution in [3.05, 3.63) is 68.2 Å². The number of rotatable bonds is 3. The lowest BCUT2D eigenvalue weighted by atomic mass is 10.1. The molecule has 1 fully saturated rings. The van der Waals surface area contributed by atoms with Crippen LogP contribution in [0, 0.1) is 21.7 Å². The van der Waals surface area contributed by atoms with Gasteiger partial charge in [0.25, 0.3) is 17.5 Å². The standard InChI is InChI=1S/C18H15ClF2N4O4/c19-14-8-10(20)1-2-12(14)17(26)23-3-5-24(6-4-23)18(27)13-7-11(21)9-15(16(13)22)25(28)29/h1-2,7-9H,3-6,22H2. The Bertz CT molecular complexity index is 1010. The zero-order valence-corrected chi connectivity index (χ0v) is 15.7. The minimum absolute atomic E-state index is 0.0200. The van der Waals surface area contributed by atoms with E-state index in [2.05, 4.69) is 0 Å². The highest BCUT2D eigenvalue weighted by atomic mass is 35.5. The fraction of sp³-hybridized carbons (Fsp3) is 0.222. The van der Waals surface area contributed by atoms with Crippen molar-refractivity contribution in [1.29, 1.82) is 0 Å². The van der Waals surface area contributed by atoms with Crippen molar-refractivity contribution in [3.63, 3.8) is 0 Å². The quantitative estimate of drug-likeness (QED) is 0.463. The van der Waals surface area contributed by atoms with Crippen LogP contribution in [0.25, 0.3) is 0 Å². The molecule has 0 spiro atoms. The first kappa shape index (κ1) is 20.5. The summed E-state index contributed by atoms with van der Waals surface area (Å²) in [6.45, 7) is 0.505. The van der Waals surface area contributed by atoms with E-state index in [0.717, 1.165) is 18.2 Å². The lowest BCUT2D eigenvalue weighted by Gasteiger charge is -2.35. The Morgan fingerprint density at radius 1 is 0.966 bits per heavy atom. The number of hydrogen-bond acceptors (Lipinski definition) is 5. The van der Waals surface area contributed by atoms with Crippen LogP contribution in [0.5, 0.6) is 0 Å². The van der Waals surface area contributed by atoms with Crippen LogP contribution in [0.1, 0.15) is 20.7 Å². The maximum absolute atomic E-state index is 13.7. The van der Waals surface area contributed by atoms with Crippen molar-refractivity contribution < 1.29 is 23.3 Å². The molecule has 1 aliphatic rings. The molecule has 3 rings (SSSR count). The van der Waals surface area contributed by atoms with Crippen molar-refractivity contribution in [2.75, 3.05) is 31.9 Å². The Hall–Kier alpha value is -3.27. The molecule has 2 N–H and O–H groups in total. The third-order valence-electron chi connectivity index (χ3n) is 4.57. The smallest absolute Gasteiger partial charge is 0.295 e. The van der Waals surface area contributed by atoms with Crippen LogP contribution in [0.15, 0.2) is 30.3 Å². The van der Waals surface area contributed by atoms with E-state index in [1.165, 1.54) is 15.9 Å². The summed E-state index contributed by atoms with van der Waals surface area (Å²) in [5, 5.41) is 11.0. The molecule has 0 aromatic heterocycles. The van der Waals surface area contributed by atoms with Gasteiger partial charge in [-0.25, -0.2) is 8.78 Å². The van der Waals surface area contributed by atoms with Gasteiger partial charge in [0.2, 0.25) is 0 Å². The maximum Gasteiger partial charge on any atom is 0.295 e. The summed E-state index contributed by atoms with van der Waals surface area (Å²) in [4.78, 5) is 38.1. The summed E-state index contributed by atoms with van der Waals surface area (Å²) in [6.07, 6.45) is 0. The number of hydrogen-bond donors (Lipinski definition) is 1. The van der Waals surface area contributed by atoms with Gasteiger partial charge in [-0.05, 0) is 24.3 Å². The number of carbonyl (C=O) groups is 2. The third kappa shape index (κ3) is 4.11. The van der Waals surface area contributed by atoms with E-state index in [-0.39, 0.29) is 42.3 Å². The second kappa shape index (κ2) is 8.00. The van der Waals surface area contributed by atoms with Gasteiger partial charge in [-0.3, -0.25) is 19.7 Å². The largest absolute Gasteiger partial charge is 0.393 e. The minimum atomic E-state index is -0.950. The van der Waals surface area contributed by atoms with E-state index in [0.29, 0.717) is 6.07 Å². The van der Waals surface area contributed by atoms with E-state index in [1.807, 2.05) is 0 Å². The third-order valence-corrected chi connectivity index (χ3v) is 4.88. The average molecular weight is 425 g/mol. The highest BCUT2D eigenvalue weighted by Gasteiger charge is 2.29. The fourth-order valence-electron chi connectivity index (χ4n) is 3.05. The Morgan fingerprint density at radius 3 is 2.03 bits per heavy atom. The summed E-state index contributed by atoms with van der Waals surface area (Å²) in [6, 6.07) is 4.94. The number of anilines is 1. The number of nitrogens with two attached hydrogens (primary N) is 1. The molecule has 0 radical (unpaired) electrons. The zero-order chi connectivity index (χ0) is 21.3. The van der Waals surface area contributed by atoms with Crippen LogP contribution in [-0.2, 0) is 0 Å². The number of nitro groups is 1. The van der Waals surface area contributed by atoms with Gasteiger partial charge in [0.15, 0.2) is 0 Å². The van der Waals surface area contributed by atoms with E-state index >= 15 is 0 Å². The predicted octanol–water partition coefficient (Wildman–Crippen LogP) is 2.71. The van der Waals surface area contributed by atoms with Gasteiger partial charge >= 0.3 is 0 Å². The molecule has 0 bridgehead atoms. The molecule has 29 heavy (non-hydrogen) atoms. The first-order valence-corrected chi connectivity index (χ1v) is 8.84. The van der Waals surface area contributed by atoms with Gasteiger partial charge in [0.05, 0.1) is 27.1 Å². The number of halogens is 3. The first-order chi connectivity index (χ1) is 13.7. The molecule has 2 aromatic rings. The molecule has 2 aromatic carbocycles. The van der Waals surface area contributed by atoms with Crippen LogP contribution >= 0.6 is 11.6 Å². The Balaban J connectivity index is 1.73. The molecule has 0 aliphatic carbocycles. The molecule has 1 saturated heterocycles. The number of piperazine rings is 1. The minimum Gasteiger partial charge on any atom is -0.393 e. The van der Waals surface area contributed by atoms with Gasteiger partial charge in [0, 0.05) is 26.2 Å². The molecule has 11 heteroatoms. The van der Waals surface area contributed by atoms with E-state index in [1.54, 1.807) is 0 Å². The molecule has 0 saturated carbocycles. The number of nitrogen functional groups attached to an aromatic ring is 1. The number of carbonyl (C=O) groups excluding carboxylic acids is 2. The molecule has 0 unspecified atom stereocenters. The van der Waals surface area contributed by atoms with Gasteiger partial charge in [-0.1, -0.05) is 11.6 Å². The summed E-state index contributed by atoms with van der Waals surface area (Å²) >= 11 is 5.92. The van der Waals surface area contributed by atoms with E-state index in [4.69, 9.17) is 17.3 Å². The number of nitrogens with zero attached hydrogens (tertiary/aromatic N) is 3. The highest BCUT2D eigenvalue weighted by molar-refractivity contribution is 6.33. The van der Waals surface area contributed by atoms with Crippen LogP contribution in [0.2, 0.25) is 5.02 Å². The van der Waals surface area contributed by atoms with Crippen LogP contribution < -0.4 is 5.73 Å². The summed E-state index contributed by atoms with van der Waals surface area (Å²) in [5.74, 6) is -2.60. The van der Waals surface area contributed by atoms with Crippen molar-refractivity contribution in [2.45, 2.75) is 0 Å². The second-order valence-corrected chi connectivity index (χ2v) is 6.76. The van der Waals surface area contributed by atoms with Crippen LogP contribution in [0.4, 0.5) is 20.2 Å². The fourth-order valence-corrected chi connectivity index (χ4v) is 3.30. The summed E-state index contributed by atoms with van der Waals surface area (Å²) in [5.41, 5.74) is 4.40. The lowest BCUT2D eigenvalue weighted by Crippen LogP contribution is -2.50. The van der Waals surface area contributed by atoms with Gasteiger partial charge in [0.1, 0.15) is 17.3 Å². The number of benzene rings is 2. The van der Waals surface area contributed by atoms with Crippen LogP contribution in [0.3, 0.4) is 0 Å². The Kier molecular flexibility index (Phi) is 5.64. The van der Waals surface area contributed by atoms with E-state index < -0.39 is 39.7 Å². The second-order valence-electron chi connectivity index (χ2n) is 6.35. The van der Waals surface area contributed by atoms with Crippen molar-refractivity contribution in [2.24, 2.45) is 0 Å². The van der Waals surface area contributed by atoms with Crippen LogP contribution in [-0.4, -0.2) is 52.7 Å². The highest BCUT2D eigenvalue weighted by Crippen LogP contribution is 2.28. The lowest BCUT2D eigenvalue weighted by molar-refractivity contribution is -0.384. The van der Waals surface area contributed by atoms with Crippen molar-refractivity contribution in [1.82, 2.24) is 9.80 Å². The average Bonchev–Trinajstić information content (AvgIpc) is 2.68. The van der Waals surface area contributed by atoms with Gasteiger partial charge in [-0.2, -0.15) is 0 Å². The maximum atomic E-state index is 13.7. The van der Waals surface area contributed by atoms with Crippen molar-refractivity contribution >= 4 is 34.8 Å². The molecule has 1 heterocycles. The monoisotopic (exact) mass is 424 g/mol. The topological polar surface area (TPSA) is 110 Å². The molecular weight excluding hydrogens is 410 g/mol. The molecule has 2 amide bonds. The number of nitro benzene ring substituents is 1. The van der Waals surface area contributed by atoms with Crippen molar-refractivity contribution in [3.8, 4) is 0 Å². The van der Waals surface area contributed by atoms with Gasteiger partial charge in [-0.15, -0.1) is 0 Å². The molecule has 8 nitrogen and oxygen atoms in total. The molecule has 152 valence electrons.